The molecule has 1 amide bonds. The lowest BCUT2D eigenvalue weighted by molar-refractivity contribution is -0.138. The molecule has 1 aliphatic rings. The normalized spacial score (nSPS) is 16.8. The second kappa shape index (κ2) is 7.45. The van der Waals surface area contributed by atoms with Gasteiger partial charge in [0.05, 0.1) is 24.7 Å². The van der Waals surface area contributed by atoms with Crippen molar-refractivity contribution in [1.29, 1.82) is 0 Å². The Hall–Kier alpha value is -2.41. The van der Waals surface area contributed by atoms with Crippen LogP contribution in [-0.2, 0) is 28.7 Å². The van der Waals surface area contributed by atoms with Crippen LogP contribution in [0.25, 0.3) is 0 Å². The maximum Gasteiger partial charge on any atom is 0.416 e. The van der Waals surface area contributed by atoms with Crippen LogP contribution in [0.3, 0.4) is 0 Å². The number of hydrogen-bond donors (Lipinski definition) is 1. The van der Waals surface area contributed by atoms with Gasteiger partial charge in [0.25, 0.3) is 0 Å². The monoisotopic (exact) mass is 367 g/mol. The molecule has 2 aromatic rings. The first-order valence-electron chi connectivity index (χ1n) is 8.16. The number of benzene rings is 2. The van der Waals surface area contributed by atoms with Crippen molar-refractivity contribution < 1.29 is 27.1 Å². The van der Waals surface area contributed by atoms with Crippen LogP contribution in [0.2, 0.25) is 0 Å². The van der Waals surface area contributed by atoms with Gasteiger partial charge >= 0.3 is 6.18 Å². The highest BCUT2D eigenvalue weighted by Gasteiger charge is 2.33. The second-order valence-electron chi connectivity index (χ2n) is 6.09. The number of hydrogen-bond acceptors (Lipinski definition) is 2. The molecule has 26 heavy (non-hydrogen) atoms. The van der Waals surface area contributed by atoms with Crippen molar-refractivity contribution in [2.24, 2.45) is 0 Å². The zero-order valence-electron chi connectivity index (χ0n) is 13.8. The Bertz CT molecular complexity index is 804. The minimum absolute atomic E-state index is 0.0135. The summed E-state index contributed by atoms with van der Waals surface area (Å²) < 4.78 is 57.7. The number of carbonyl (C=O) groups is 1. The molecule has 1 heterocycles. The van der Waals surface area contributed by atoms with Crippen molar-refractivity contribution in [3.8, 4) is 0 Å². The lowest BCUT2D eigenvalue weighted by Gasteiger charge is -2.25. The Morgan fingerprint density at radius 3 is 2.73 bits per heavy atom. The van der Waals surface area contributed by atoms with Crippen LogP contribution < -0.4 is 5.32 Å². The van der Waals surface area contributed by atoms with Gasteiger partial charge in [0.2, 0.25) is 5.91 Å². The number of carbonyl (C=O) groups excluding carboxylic acids is 1. The summed E-state index contributed by atoms with van der Waals surface area (Å²) >= 11 is 0. The van der Waals surface area contributed by atoms with Gasteiger partial charge in [0.15, 0.2) is 0 Å². The van der Waals surface area contributed by atoms with Gasteiger partial charge < -0.3 is 10.1 Å². The van der Waals surface area contributed by atoms with Crippen molar-refractivity contribution >= 4 is 5.91 Å². The summed E-state index contributed by atoms with van der Waals surface area (Å²) in [6.07, 6.45) is -4.33. The molecule has 1 N–H and O–H groups in total. The van der Waals surface area contributed by atoms with E-state index < -0.39 is 29.6 Å². The van der Waals surface area contributed by atoms with Gasteiger partial charge in [0, 0.05) is 6.54 Å². The van der Waals surface area contributed by atoms with Crippen molar-refractivity contribution in [2.45, 2.75) is 31.7 Å². The van der Waals surface area contributed by atoms with Crippen molar-refractivity contribution in [2.75, 3.05) is 6.61 Å². The van der Waals surface area contributed by atoms with E-state index in [0.29, 0.717) is 12.7 Å². The molecule has 3 rings (SSSR count). The Balaban J connectivity index is 1.66. The molecule has 1 aliphatic heterocycles. The van der Waals surface area contributed by atoms with E-state index >= 15 is 0 Å². The molecule has 1 atom stereocenters. The SMILES string of the molecule is O=C(CC1OCCc2ccccc21)NCc1ccc(F)cc1C(F)(F)F. The van der Waals surface area contributed by atoms with E-state index in [0.717, 1.165) is 29.7 Å². The van der Waals surface area contributed by atoms with Gasteiger partial charge in [-0.25, -0.2) is 4.39 Å². The highest BCUT2D eigenvalue weighted by Crippen LogP contribution is 2.33. The van der Waals surface area contributed by atoms with Gasteiger partial charge in [-0.3, -0.25) is 4.79 Å². The minimum atomic E-state index is -4.69. The van der Waals surface area contributed by atoms with E-state index in [1.165, 1.54) is 0 Å². The number of nitrogens with one attached hydrogen (secondary N) is 1. The summed E-state index contributed by atoms with van der Waals surface area (Å²) in [5.74, 6) is -1.40. The zero-order chi connectivity index (χ0) is 18.7. The molecule has 0 spiro atoms. The van der Waals surface area contributed by atoms with E-state index in [2.05, 4.69) is 5.32 Å². The van der Waals surface area contributed by atoms with Gasteiger partial charge in [-0.2, -0.15) is 13.2 Å². The Morgan fingerprint density at radius 1 is 1.19 bits per heavy atom. The molecule has 0 bridgehead atoms. The van der Waals surface area contributed by atoms with Crippen LogP contribution in [0.5, 0.6) is 0 Å². The maximum atomic E-state index is 13.1. The van der Waals surface area contributed by atoms with Crippen molar-refractivity contribution in [3.63, 3.8) is 0 Å². The van der Waals surface area contributed by atoms with Gasteiger partial charge in [-0.1, -0.05) is 30.3 Å². The minimum Gasteiger partial charge on any atom is -0.373 e. The molecule has 0 aromatic heterocycles. The number of alkyl halides is 3. The molecule has 3 nitrogen and oxygen atoms in total. The van der Waals surface area contributed by atoms with Crippen molar-refractivity contribution in [1.82, 2.24) is 5.32 Å². The standard InChI is InChI=1S/C19H17F4NO2/c20-14-6-5-13(16(9-14)19(21,22)23)11-24-18(25)10-17-15-4-2-1-3-12(15)7-8-26-17/h1-6,9,17H,7-8,10-11H2,(H,24,25). The third-order valence-electron chi connectivity index (χ3n) is 4.32. The zero-order valence-corrected chi connectivity index (χ0v) is 13.8. The quantitative estimate of drug-likeness (QED) is 0.824. The Labute approximate surface area is 148 Å². The van der Waals surface area contributed by atoms with Crippen LogP contribution in [0.15, 0.2) is 42.5 Å². The Kier molecular flexibility index (Phi) is 5.27. The molecular formula is C19H17F4NO2. The molecule has 0 radical (unpaired) electrons. The molecule has 0 saturated heterocycles. The topological polar surface area (TPSA) is 38.3 Å². The smallest absolute Gasteiger partial charge is 0.373 e. The molecule has 138 valence electrons. The fourth-order valence-corrected chi connectivity index (χ4v) is 3.05. The highest BCUT2D eigenvalue weighted by atomic mass is 19.4. The van der Waals surface area contributed by atoms with Crippen LogP contribution in [-0.4, -0.2) is 12.5 Å². The first kappa shape index (κ1) is 18.4. The molecule has 1 unspecified atom stereocenters. The first-order chi connectivity index (χ1) is 12.3. The number of ether oxygens (including phenoxy) is 1. The lowest BCUT2D eigenvalue weighted by Crippen LogP contribution is -2.28. The number of amides is 1. The highest BCUT2D eigenvalue weighted by molar-refractivity contribution is 5.76. The summed E-state index contributed by atoms with van der Waals surface area (Å²) in [5, 5.41) is 2.47. The number of rotatable bonds is 4. The van der Waals surface area contributed by atoms with Crippen LogP contribution in [0.4, 0.5) is 17.6 Å². The van der Waals surface area contributed by atoms with E-state index in [1.807, 2.05) is 24.3 Å². The number of halogens is 4. The largest absolute Gasteiger partial charge is 0.416 e. The summed E-state index contributed by atoms with van der Waals surface area (Å²) in [5.41, 5.74) is 0.760. The molecule has 0 aliphatic carbocycles. The fraction of sp³-hybridized carbons (Fsp3) is 0.316. The van der Waals surface area contributed by atoms with Crippen LogP contribution in [0, 0.1) is 5.82 Å². The molecule has 7 heteroatoms. The summed E-state index contributed by atoms with van der Waals surface area (Å²) in [7, 11) is 0. The summed E-state index contributed by atoms with van der Waals surface area (Å²) in [6, 6.07) is 10.0. The van der Waals surface area contributed by atoms with E-state index in [-0.39, 0.29) is 18.5 Å². The Morgan fingerprint density at radius 2 is 1.96 bits per heavy atom. The van der Waals surface area contributed by atoms with E-state index in [4.69, 9.17) is 4.74 Å². The molecule has 0 fully saturated rings. The van der Waals surface area contributed by atoms with Crippen LogP contribution in [0.1, 0.15) is 34.8 Å². The van der Waals surface area contributed by atoms with Gasteiger partial charge in [-0.15, -0.1) is 0 Å². The van der Waals surface area contributed by atoms with E-state index in [9.17, 15) is 22.4 Å². The predicted molar refractivity (Wildman–Crippen MR) is 86.7 cm³/mol. The summed E-state index contributed by atoms with van der Waals surface area (Å²) in [4.78, 5) is 12.2. The first-order valence-corrected chi connectivity index (χ1v) is 8.16. The van der Waals surface area contributed by atoms with Gasteiger partial charge in [-0.05, 0) is 35.2 Å². The average molecular weight is 367 g/mol. The average Bonchev–Trinajstić information content (AvgIpc) is 2.60. The van der Waals surface area contributed by atoms with Crippen LogP contribution >= 0.6 is 0 Å². The second-order valence-corrected chi connectivity index (χ2v) is 6.09. The van der Waals surface area contributed by atoms with E-state index in [1.54, 1.807) is 0 Å². The van der Waals surface area contributed by atoms with Crippen molar-refractivity contribution in [3.05, 3.63) is 70.5 Å². The maximum absolute atomic E-state index is 13.1. The fourth-order valence-electron chi connectivity index (χ4n) is 3.05. The third-order valence-corrected chi connectivity index (χ3v) is 4.32. The lowest BCUT2D eigenvalue weighted by atomic mass is 9.95. The molecule has 0 saturated carbocycles. The summed E-state index contributed by atoms with van der Waals surface area (Å²) in [6.45, 7) is 0.160. The third kappa shape index (κ3) is 4.22. The molecular weight excluding hydrogens is 350 g/mol. The van der Waals surface area contributed by atoms with Gasteiger partial charge in [0.1, 0.15) is 5.82 Å². The number of fused-ring (bicyclic) bond motifs is 1. The molecule has 2 aromatic carbocycles. The predicted octanol–water partition coefficient (Wildman–Crippen LogP) is 4.16.